The van der Waals surface area contributed by atoms with Crippen molar-refractivity contribution >= 4 is 0 Å². The Hall–Kier alpha value is -0.0800. The van der Waals surface area contributed by atoms with Gasteiger partial charge in [0.1, 0.15) is 0 Å². The topological polar surface area (TPSA) is 15.3 Å². The second-order valence-corrected chi connectivity index (χ2v) is 8.51. The van der Waals surface area contributed by atoms with Gasteiger partial charge in [-0.15, -0.1) is 0 Å². The first-order valence-electron chi connectivity index (χ1n) is 9.42. The Morgan fingerprint density at radius 2 is 1.81 bits per heavy atom. The van der Waals surface area contributed by atoms with Crippen LogP contribution in [0.15, 0.2) is 0 Å². The predicted octanol–water partition coefficient (Wildman–Crippen LogP) is 4.30. The molecule has 2 aliphatic rings. The third-order valence-corrected chi connectivity index (χ3v) is 6.24. The van der Waals surface area contributed by atoms with Crippen LogP contribution < -0.4 is 5.32 Å². The van der Waals surface area contributed by atoms with E-state index in [4.69, 9.17) is 0 Å². The largest absolute Gasteiger partial charge is 0.311 e. The molecule has 2 heteroatoms. The minimum Gasteiger partial charge on any atom is -0.311 e. The summed E-state index contributed by atoms with van der Waals surface area (Å²) in [4.78, 5) is 2.85. The van der Waals surface area contributed by atoms with E-state index in [1.165, 1.54) is 58.2 Å². The highest BCUT2D eigenvalue weighted by atomic mass is 15.2. The summed E-state index contributed by atoms with van der Waals surface area (Å²) in [5.74, 6) is 1.54. The zero-order chi connectivity index (χ0) is 15.5. The molecule has 1 aliphatic carbocycles. The average Bonchev–Trinajstić information content (AvgIpc) is 2.46. The third kappa shape index (κ3) is 4.45. The van der Waals surface area contributed by atoms with Crippen molar-refractivity contribution in [1.29, 1.82) is 0 Å². The summed E-state index contributed by atoms with van der Waals surface area (Å²) in [7, 11) is 0. The van der Waals surface area contributed by atoms with Crippen molar-refractivity contribution in [3.63, 3.8) is 0 Å². The van der Waals surface area contributed by atoms with Crippen LogP contribution in [0.2, 0.25) is 0 Å². The van der Waals surface area contributed by atoms with E-state index in [9.17, 15) is 0 Å². The number of hydrogen-bond donors (Lipinski definition) is 1. The van der Waals surface area contributed by atoms with Gasteiger partial charge in [-0.2, -0.15) is 0 Å². The molecule has 0 radical (unpaired) electrons. The Morgan fingerprint density at radius 3 is 2.38 bits per heavy atom. The summed E-state index contributed by atoms with van der Waals surface area (Å²) < 4.78 is 0. The van der Waals surface area contributed by atoms with E-state index >= 15 is 0 Å². The van der Waals surface area contributed by atoms with Crippen LogP contribution in [-0.4, -0.2) is 36.6 Å². The Balaban J connectivity index is 2.03. The van der Waals surface area contributed by atoms with Crippen molar-refractivity contribution < 1.29 is 0 Å². The minimum atomic E-state index is 0.572. The van der Waals surface area contributed by atoms with Crippen molar-refractivity contribution in [2.24, 2.45) is 17.3 Å². The van der Waals surface area contributed by atoms with E-state index in [0.29, 0.717) is 11.5 Å². The average molecular weight is 295 g/mol. The molecule has 0 aromatic carbocycles. The summed E-state index contributed by atoms with van der Waals surface area (Å²) in [6.07, 6.45) is 8.52. The van der Waals surface area contributed by atoms with E-state index in [0.717, 1.165) is 17.9 Å². The molecule has 1 saturated heterocycles. The van der Waals surface area contributed by atoms with Crippen molar-refractivity contribution in [2.45, 2.75) is 85.2 Å². The molecular formula is C19H38N2. The number of piperazine rings is 1. The highest BCUT2D eigenvalue weighted by Gasteiger charge is 2.36. The smallest absolute Gasteiger partial charge is 0.0244 e. The van der Waals surface area contributed by atoms with Crippen LogP contribution >= 0.6 is 0 Å². The van der Waals surface area contributed by atoms with Gasteiger partial charge in [-0.3, -0.25) is 4.90 Å². The Kier molecular flexibility index (Phi) is 6.14. The van der Waals surface area contributed by atoms with Crippen LogP contribution in [0.3, 0.4) is 0 Å². The lowest BCUT2D eigenvalue weighted by Gasteiger charge is -2.48. The lowest BCUT2D eigenvalue weighted by atomic mass is 9.74. The summed E-state index contributed by atoms with van der Waals surface area (Å²) in [5.41, 5.74) is 0.572. The molecule has 21 heavy (non-hydrogen) atoms. The van der Waals surface area contributed by atoms with Crippen LogP contribution in [-0.2, 0) is 0 Å². The molecule has 1 aliphatic heterocycles. The van der Waals surface area contributed by atoms with Crippen molar-refractivity contribution in [3.8, 4) is 0 Å². The molecule has 1 saturated carbocycles. The lowest BCUT2D eigenvalue weighted by molar-refractivity contribution is 0.0305. The number of hydrogen-bond acceptors (Lipinski definition) is 2. The monoisotopic (exact) mass is 294 g/mol. The van der Waals surface area contributed by atoms with E-state index in [-0.39, 0.29) is 0 Å². The fourth-order valence-corrected chi connectivity index (χ4v) is 4.41. The number of rotatable bonds is 5. The van der Waals surface area contributed by atoms with Gasteiger partial charge in [-0.05, 0) is 30.1 Å². The SMILES string of the molecule is CCC(C)C1CN(CC2(C)CCCCC2)C(C(C)C)CN1. The Bertz CT molecular complexity index is 307. The van der Waals surface area contributed by atoms with Crippen molar-refractivity contribution in [3.05, 3.63) is 0 Å². The standard InChI is InChI=1S/C19H38N2/c1-6-16(4)17-13-21(18(12-20-17)15(2)3)14-19(5)10-8-7-9-11-19/h15-18,20H,6-14H2,1-5H3. The molecule has 1 N–H and O–H groups in total. The van der Waals surface area contributed by atoms with E-state index < -0.39 is 0 Å². The molecule has 0 aromatic rings. The van der Waals surface area contributed by atoms with Crippen molar-refractivity contribution in [2.75, 3.05) is 19.6 Å². The van der Waals surface area contributed by atoms with Crippen LogP contribution in [0.4, 0.5) is 0 Å². The Morgan fingerprint density at radius 1 is 1.14 bits per heavy atom. The Labute approximate surface area is 133 Å². The molecule has 0 spiro atoms. The molecular weight excluding hydrogens is 256 g/mol. The van der Waals surface area contributed by atoms with Crippen LogP contribution in [0.1, 0.15) is 73.1 Å². The van der Waals surface area contributed by atoms with Crippen LogP contribution in [0.5, 0.6) is 0 Å². The zero-order valence-electron chi connectivity index (χ0n) is 15.1. The van der Waals surface area contributed by atoms with Gasteiger partial charge in [0.2, 0.25) is 0 Å². The summed E-state index contributed by atoms with van der Waals surface area (Å²) in [6, 6.07) is 1.42. The normalized spacial score (nSPS) is 32.3. The first kappa shape index (κ1) is 17.3. The van der Waals surface area contributed by atoms with Crippen LogP contribution in [0.25, 0.3) is 0 Å². The van der Waals surface area contributed by atoms with Gasteiger partial charge in [0.25, 0.3) is 0 Å². The predicted molar refractivity (Wildman–Crippen MR) is 92.6 cm³/mol. The van der Waals surface area contributed by atoms with Gasteiger partial charge >= 0.3 is 0 Å². The molecule has 3 atom stereocenters. The first-order chi connectivity index (χ1) is 9.95. The van der Waals surface area contributed by atoms with E-state index in [1.807, 2.05) is 0 Å². The maximum atomic E-state index is 3.84. The summed E-state index contributed by atoms with van der Waals surface area (Å²) in [5, 5.41) is 3.84. The van der Waals surface area contributed by atoms with Gasteiger partial charge in [-0.25, -0.2) is 0 Å². The zero-order valence-corrected chi connectivity index (χ0v) is 15.1. The molecule has 1 heterocycles. The molecule has 3 unspecified atom stereocenters. The molecule has 2 rings (SSSR count). The van der Waals surface area contributed by atoms with Gasteiger partial charge in [0, 0.05) is 31.7 Å². The fourth-order valence-electron chi connectivity index (χ4n) is 4.41. The van der Waals surface area contributed by atoms with Gasteiger partial charge < -0.3 is 5.32 Å². The second kappa shape index (κ2) is 7.46. The molecule has 2 nitrogen and oxygen atoms in total. The second-order valence-electron chi connectivity index (χ2n) is 8.51. The maximum absolute atomic E-state index is 3.84. The van der Waals surface area contributed by atoms with Gasteiger partial charge in [-0.1, -0.05) is 60.3 Å². The minimum absolute atomic E-state index is 0.572. The van der Waals surface area contributed by atoms with Gasteiger partial charge in [0.15, 0.2) is 0 Å². The summed E-state index contributed by atoms with van der Waals surface area (Å²) in [6.45, 7) is 15.8. The molecule has 0 bridgehead atoms. The van der Waals surface area contributed by atoms with Crippen LogP contribution in [0, 0.1) is 17.3 Å². The third-order valence-electron chi connectivity index (χ3n) is 6.24. The molecule has 0 amide bonds. The van der Waals surface area contributed by atoms with E-state index in [1.54, 1.807) is 0 Å². The molecule has 124 valence electrons. The lowest BCUT2D eigenvalue weighted by Crippen LogP contribution is -2.61. The van der Waals surface area contributed by atoms with Crippen molar-refractivity contribution in [1.82, 2.24) is 10.2 Å². The molecule has 0 aromatic heterocycles. The molecule has 2 fully saturated rings. The highest BCUT2D eigenvalue weighted by Crippen LogP contribution is 2.37. The summed E-state index contributed by atoms with van der Waals surface area (Å²) >= 11 is 0. The first-order valence-corrected chi connectivity index (χ1v) is 9.42. The number of nitrogens with one attached hydrogen (secondary N) is 1. The fraction of sp³-hybridized carbons (Fsp3) is 1.00. The highest BCUT2D eigenvalue weighted by molar-refractivity contribution is 4.93. The number of nitrogens with zero attached hydrogens (tertiary/aromatic N) is 1. The van der Waals surface area contributed by atoms with E-state index in [2.05, 4.69) is 44.8 Å². The quantitative estimate of drug-likeness (QED) is 0.813. The maximum Gasteiger partial charge on any atom is 0.0244 e. The van der Waals surface area contributed by atoms with Gasteiger partial charge in [0.05, 0.1) is 0 Å².